The predicted molar refractivity (Wildman–Crippen MR) is 50.7 cm³/mol. The highest BCUT2D eigenvalue weighted by atomic mass is 16.5. The van der Waals surface area contributed by atoms with E-state index in [0.29, 0.717) is 19.2 Å². The van der Waals surface area contributed by atoms with Crippen LogP contribution in [0.15, 0.2) is 0 Å². The topological polar surface area (TPSA) is 50.4 Å². The number of hydrogen-bond donors (Lipinski definition) is 2. The number of amides is 1. The molecule has 1 aliphatic rings. The zero-order valence-corrected chi connectivity index (χ0v) is 8.14. The molecule has 0 aliphatic carbocycles. The second kappa shape index (κ2) is 5.80. The molecule has 0 bridgehead atoms. The minimum Gasteiger partial charge on any atom is -0.450 e. The third-order valence-electron chi connectivity index (χ3n) is 2.20. The first-order chi connectivity index (χ1) is 6.33. The number of carbonyl (C=O) groups excluding carboxylic acids is 1. The SMILES string of the molecule is CCOC(=O)NCC[C@H]1CCCN1. The molecule has 0 spiro atoms. The fourth-order valence-corrected chi connectivity index (χ4v) is 1.53. The number of hydrogen-bond acceptors (Lipinski definition) is 3. The van der Waals surface area contributed by atoms with Crippen LogP contribution in [0.2, 0.25) is 0 Å². The van der Waals surface area contributed by atoms with Crippen LogP contribution in [0, 0.1) is 0 Å². The van der Waals surface area contributed by atoms with E-state index in [1.54, 1.807) is 6.92 Å². The normalized spacial score (nSPS) is 21.5. The largest absolute Gasteiger partial charge is 0.450 e. The Hall–Kier alpha value is -0.770. The van der Waals surface area contributed by atoms with Crippen LogP contribution in [0.5, 0.6) is 0 Å². The maximum atomic E-state index is 10.9. The molecule has 1 rings (SSSR count). The molecule has 0 aromatic heterocycles. The van der Waals surface area contributed by atoms with Gasteiger partial charge in [-0.05, 0) is 32.7 Å². The fourth-order valence-electron chi connectivity index (χ4n) is 1.53. The molecule has 0 aromatic carbocycles. The van der Waals surface area contributed by atoms with E-state index in [9.17, 15) is 4.79 Å². The minimum absolute atomic E-state index is 0.305. The van der Waals surface area contributed by atoms with Gasteiger partial charge in [-0.25, -0.2) is 4.79 Å². The summed E-state index contributed by atoms with van der Waals surface area (Å²) in [6.45, 7) is 4.06. The Morgan fingerprint density at radius 1 is 1.69 bits per heavy atom. The van der Waals surface area contributed by atoms with E-state index in [0.717, 1.165) is 13.0 Å². The molecule has 4 heteroatoms. The molecule has 1 aliphatic heterocycles. The molecule has 0 saturated carbocycles. The average molecular weight is 186 g/mol. The Kier molecular flexibility index (Phi) is 4.60. The van der Waals surface area contributed by atoms with E-state index >= 15 is 0 Å². The Balaban J connectivity index is 1.96. The number of carbonyl (C=O) groups is 1. The molecule has 0 radical (unpaired) electrons. The lowest BCUT2D eigenvalue weighted by atomic mass is 10.2. The first-order valence-corrected chi connectivity index (χ1v) is 4.97. The number of alkyl carbamates (subject to hydrolysis) is 1. The average Bonchev–Trinajstić information content (AvgIpc) is 2.57. The summed E-state index contributed by atoms with van der Waals surface area (Å²) in [4.78, 5) is 10.9. The van der Waals surface area contributed by atoms with Gasteiger partial charge in [0.15, 0.2) is 0 Å². The van der Waals surface area contributed by atoms with E-state index in [-0.39, 0.29) is 6.09 Å². The standard InChI is InChI=1S/C9H18N2O2/c1-2-13-9(12)11-7-5-8-4-3-6-10-8/h8,10H,2-7H2,1H3,(H,11,12)/t8-/m1/s1. The zero-order valence-electron chi connectivity index (χ0n) is 8.14. The second-order valence-electron chi connectivity index (χ2n) is 3.23. The maximum absolute atomic E-state index is 10.9. The lowest BCUT2D eigenvalue weighted by molar-refractivity contribution is 0.152. The molecule has 1 amide bonds. The van der Waals surface area contributed by atoms with E-state index in [1.807, 2.05) is 0 Å². The van der Waals surface area contributed by atoms with Crippen molar-refractivity contribution in [2.45, 2.75) is 32.2 Å². The van der Waals surface area contributed by atoms with Gasteiger partial charge in [-0.1, -0.05) is 0 Å². The van der Waals surface area contributed by atoms with Gasteiger partial charge in [0, 0.05) is 12.6 Å². The molecule has 1 heterocycles. The third kappa shape index (κ3) is 4.12. The van der Waals surface area contributed by atoms with Crippen molar-refractivity contribution in [3.8, 4) is 0 Å². The fraction of sp³-hybridized carbons (Fsp3) is 0.889. The van der Waals surface area contributed by atoms with Crippen molar-refractivity contribution in [3.05, 3.63) is 0 Å². The first kappa shape index (κ1) is 10.3. The van der Waals surface area contributed by atoms with Crippen LogP contribution in [-0.4, -0.2) is 31.8 Å². The van der Waals surface area contributed by atoms with Crippen LogP contribution in [0.4, 0.5) is 4.79 Å². The van der Waals surface area contributed by atoms with E-state index in [1.165, 1.54) is 12.8 Å². The van der Waals surface area contributed by atoms with E-state index in [4.69, 9.17) is 4.74 Å². The third-order valence-corrected chi connectivity index (χ3v) is 2.20. The van der Waals surface area contributed by atoms with Crippen LogP contribution >= 0.6 is 0 Å². The smallest absolute Gasteiger partial charge is 0.407 e. The van der Waals surface area contributed by atoms with Gasteiger partial charge in [0.2, 0.25) is 0 Å². The van der Waals surface area contributed by atoms with Crippen molar-refractivity contribution < 1.29 is 9.53 Å². The number of ether oxygens (including phenoxy) is 1. The number of rotatable bonds is 4. The first-order valence-electron chi connectivity index (χ1n) is 4.97. The Labute approximate surface area is 79.0 Å². The van der Waals surface area contributed by atoms with Gasteiger partial charge in [0.25, 0.3) is 0 Å². The molecule has 0 unspecified atom stereocenters. The van der Waals surface area contributed by atoms with Crippen molar-refractivity contribution >= 4 is 6.09 Å². The minimum atomic E-state index is -0.305. The summed E-state index contributed by atoms with van der Waals surface area (Å²) >= 11 is 0. The van der Waals surface area contributed by atoms with Gasteiger partial charge >= 0.3 is 6.09 Å². The van der Waals surface area contributed by atoms with Crippen molar-refractivity contribution in [2.75, 3.05) is 19.7 Å². The molecule has 0 aromatic rings. The van der Waals surface area contributed by atoms with Crippen LogP contribution in [-0.2, 0) is 4.74 Å². The summed E-state index contributed by atoms with van der Waals surface area (Å²) in [5.41, 5.74) is 0. The summed E-state index contributed by atoms with van der Waals surface area (Å²) in [7, 11) is 0. The lowest BCUT2D eigenvalue weighted by Crippen LogP contribution is -2.30. The van der Waals surface area contributed by atoms with Gasteiger partial charge in [-0.15, -0.1) is 0 Å². The summed E-state index contributed by atoms with van der Waals surface area (Å²) in [5, 5.41) is 6.08. The van der Waals surface area contributed by atoms with Crippen LogP contribution < -0.4 is 10.6 Å². The Morgan fingerprint density at radius 3 is 3.15 bits per heavy atom. The van der Waals surface area contributed by atoms with E-state index < -0.39 is 0 Å². The lowest BCUT2D eigenvalue weighted by Gasteiger charge is -2.10. The molecule has 4 nitrogen and oxygen atoms in total. The summed E-state index contributed by atoms with van der Waals surface area (Å²) < 4.78 is 4.74. The highest BCUT2D eigenvalue weighted by molar-refractivity contribution is 5.66. The van der Waals surface area contributed by atoms with Crippen molar-refractivity contribution in [3.63, 3.8) is 0 Å². The molecule has 13 heavy (non-hydrogen) atoms. The second-order valence-corrected chi connectivity index (χ2v) is 3.23. The van der Waals surface area contributed by atoms with Gasteiger partial charge in [0.1, 0.15) is 0 Å². The Bertz CT molecular complexity index is 156. The van der Waals surface area contributed by atoms with Crippen LogP contribution in [0.1, 0.15) is 26.2 Å². The predicted octanol–water partition coefficient (Wildman–Crippen LogP) is 0.875. The van der Waals surface area contributed by atoms with Crippen molar-refractivity contribution in [1.82, 2.24) is 10.6 Å². The molecule has 2 N–H and O–H groups in total. The highest BCUT2D eigenvalue weighted by Crippen LogP contribution is 2.07. The molecule has 1 saturated heterocycles. The van der Waals surface area contributed by atoms with Gasteiger partial charge in [-0.2, -0.15) is 0 Å². The molecule has 1 atom stereocenters. The van der Waals surface area contributed by atoms with Crippen LogP contribution in [0.25, 0.3) is 0 Å². The van der Waals surface area contributed by atoms with Crippen molar-refractivity contribution in [2.24, 2.45) is 0 Å². The highest BCUT2D eigenvalue weighted by Gasteiger charge is 2.13. The molecular weight excluding hydrogens is 168 g/mol. The van der Waals surface area contributed by atoms with Crippen molar-refractivity contribution in [1.29, 1.82) is 0 Å². The Morgan fingerprint density at radius 2 is 2.54 bits per heavy atom. The zero-order chi connectivity index (χ0) is 9.52. The van der Waals surface area contributed by atoms with Gasteiger partial charge in [0.05, 0.1) is 6.61 Å². The van der Waals surface area contributed by atoms with Gasteiger partial charge in [-0.3, -0.25) is 0 Å². The monoisotopic (exact) mass is 186 g/mol. The summed E-state index contributed by atoms with van der Waals surface area (Å²) in [6.07, 6.45) is 3.17. The molecular formula is C9H18N2O2. The molecule has 1 fully saturated rings. The summed E-state index contributed by atoms with van der Waals surface area (Å²) in [6, 6.07) is 0.585. The molecule has 76 valence electrons. The maximum Gasteiger partial charge on any atom is 0.407 e. The van der Waals surface area contributed by atoms with Crippen LogP contribution in [0.3, 0.4) is 0 Å². The number of nitrogens with one attached hydrogen (secondary N) is 2. The van der Waals surface area contributed by atoms with Gasteiger partial charge < -0.3 is 15.4 Å². The van der Waals surface area contributed by atoms with E-state index in [2.05, 4.69) is 10.6 Å². The quantitative estimate of drug-likeness (QED) is 0.685. The summed E-state index contributed by atoms with van der Waals surface area (Å²) in [5.74, 6) is 0.